The Morgan fingerprint density at radius 1 is 1.15 bits per heavy atom. The van der Waals surface area contributed by atoms with Gasteiger partial charge in [-0.25, -0.2) is 0 Å². The normalized spacial score (nSPS) is 21.7. The van der Waals surface area contributed by atoms with Crippen molar-refractivity contribution in [2.45, 2.75) is 39.7 Å². The molecule has 0 amide bonds. The summed E-state index contributed by atoms with van der Waals surface area (Å²) in [5.74, 6) is 2.49. The van der Waals surface area contributed by atoms with E-state index in [0.29, 0.717) is 5.92 Å². The Morgan fingerprint density at radius 3 is 2.56 bits per heavy atom. The molecule has 0 aromatic heterocycles. The van der Waals surface area contributed by atoms with Gasteiger partial charge in [0.15, 0.2) is 5.96 Å². The van der Waals surface area contributed by atoms with Crippen LogP contribution in [-0.2, 0) is 11.3 Å². The van der Waals surface area contributed by atoms with Crippen molar-refractivity contribution in [2.24, 2.45) is 16.8 Å². The maximum absolute atomic E-state index is 5.58. The summed E-state index contributed by atoms with van der Waals surface area (Å²) < 4.78 is 5.58. The van der Waals surface area contributed by atoms with Crippen LogP contribution in [0.4, 0.5) is 5.69 Å². The first kappa shape index (κ1) is 20.0. The van der Waals surface area contributed by atoms with Gasteiger partial charge in [-0.05, 0) is 49.8 Å². The molecule has 1 aromatic carbocycles. The van der Waals surface area contributed by atoms with Gasteiger partial charge in [0.2, 0.25) is 0 Å². The molecule has 2 saturated heterocycles. The number of nitrogens with one attached hydrogen (secondary N) is 1. The van der Waals surface area contributed by atoms with Gasteiger partial charge < -0.3 is 19.9 Å². The van der Waals surface area contributed by atoms with Crippen molar-refractivity contribution in [1.82, 2.24) is 10.2 Å². The van der Waals surface area contributed by atoms with Gasteiger partial charge in [0, 0.05) is 58.0 Å². The minimum atomic E-state index is 0.620. The average molecular weight is 373 g/mol. The summed E-state index contributed by atoms with van der Waals surface area (Å²) in [4.78, 5) is 9.35. The zero-order chi connectivity index (χ0) is 19.1. The fraction of sp³-hybridized carbons (Fsp3) is 0.682. The van der Waals surface area contributed by atoms with E-state index in [0.717, 1.165) is 44.7 Å². The smallest absolute Gasteiger partial charge is 0.193 e. The van der Waals surface area contributed by atoms with Gasteiger partial charge in [-0.3, -0.25) is 4.99 Å². The minimum Gasteiger partial charge on any atom is -0.381 e. The minimum absolute atomic E-state index is 0.620. The molecule has 0 saturated carbocycles. The van der Waals surface area contributed by atoms with Gasteiger partial charge in [-0.15, -0.1) is 0 Å². The summed E-state index contributed by atoms with van der Waals surface area (Å²) in [7, 11) is 1.87. The maximum Gasteiger partial charge on any atom is 0.193 e. The van der Waals surface area contributed by atoms with E-state index in [1.54, 1.807) is 0 Å². The van der Waals surface area contributed by atoms with Crippen LogP contribution in [0, 0.1) is 11.8 Å². The molecule has 27 heavy (non-hydrogen) atoms. The van der Waals surface area contributed by atoms with Crippen molar-refractivity contribution in [2.75, 3.05) is 51.3 Å². The Hall–Kier alpha value is -1.75. The van der Waals surface area contributed by atoms with Gasteiger partial charge in [0.1, 0.15) is 0 Å². The fourth-order valence-corrected chi connectivity index (χ4v) is 4.05. The van der Waals surface area contributed by atoms with Crippen molar-refractivity contribution in [3.63, 3.8) is 0 Å². The van der Waals surface area contributed by atoms with E-state index >= 15 is 0 Å². The van der Waals surface area contributed by atoms with Crippen LogP contribution >= 0.6 is 0 Å². The van der Waals surface area contributed by atoms with Crippen LogP contribution < -0.4 is 10.2 Å². The summed E-state index contributed by atoms with van der Waals surface area (Å²) in [6.07, 6.45) is 3.80. The summed E-state index contributed by atoms with van der Waals surface area (Å²) >= 11 is 0. The lowest BCUT2D eigenvalue weighted by molar-refractivity contribution is 0.114. The van der Waals surface area contributed by atoms with Crippen molar-refractivity contribution >= 4 is 11.6 Å². The van der Waals surface area contributed by atoms with Crippen molar-refractivity contribution in [3.05, 3.63) is 29.8 Å². The molecule has 1 atom stereocenters. The first-order valence-electron chi connectivity index (χ1n) is 10.6. The highest BCUT2D eigenvalue weighted by Crippen LogP contribution is 2.23. The largest absolute Gasteiger partial charge is 0.381 e. The molecule has 2 fully saturated rings. The van der Waals surface area contributed by atoms with Gasteiger partial charge in [-0.2, -0.15) is 0 Å². The zero-order valence-electron chi connectivity index (χ0n) is 17.3. The number of rotatable bonds is 6. The number of hydrogen-bond donors (Lipinski definition) is 1. The lowest BCUT2D eigenvalue weighted by Crippen LogP contribution is -2.39. The number of piperidine rings is 1. The number of aliphatic imine (C=N–C) groups is 1. The summed E-state index contributed by atoms with van der Waals surface area (Å²) in [6, 6.07) is 9.03. The van der Waals surface area contributed by atoms with E-state index in [1.165, 1.54) is 43.6 Å². The van der Waals surface area contributed by atoms with Crippen LogP contribution in [0.5, 0.6) is 0 Å². The van der Waals surface area contributed by atoms with Crippen LogP contribution in [0.15, 0.2) is 29.3 Å². The van der Waals surface area contributed by atoms with Crippen LogP contribution in [0.2, 0.25) is 0 Å². The Kier molecular flexibility index (Phi) is 7.39. The van der Waals surface area contributed by atoms with Crippen LogP contribution in [-0.4, -0.2) is 57.3 Å². The predicted octanol–water partition coefficient (Wildman–Crippen LogP) is 3.36. The van der Waals surface area contributed by atoms with E-state index < -0.39 is 0 Å². The first-order chi connectivity index (χ1) is 13.2. The third-order valence-corrected chi connectivity index (χ3v) is 5.89. The Labute approximate surface area is 164 Å². The standard InChI is InChI=1S/C22H36N4O/c1-4-27-17-20-11-14-26(16-20)22(23-3)24-15-19-5-7-21(8-6-19)25-12-9-18(2)10-13-25/h5-8,18,20H,4,9-17H2,1-3H3,(H,23,24). The molecule has 5 heteroatoms. The number of benzene rings is 1. The maximum atomic E-state index is 5.58. The van der Waals surface area contributed by atoms with Gasteiger partial charge >= 0.3 is 0 Å². The lowest BCUT2D eigenvalue weighted by Gasteiger charge is -2.32. The van der Waals surface area contributed by atoms with E-state index in [9.17, 15) is 0 Å². The highest BCUT2D eigenvalue weighted by atomic mass is 16.5. The number of ether oxygens (including phenoxy) is 1. The van der Waals surface area contributed by atoms with Crippen molar-refractivity contribution in [3.8, 4) is 0 Å². The molecule has 2 aliphatic rings. The second-order valence-electron chi connectivity index (χ2n) is 8.00. The monoisotopic (exact) mass is 372 g/mol. The van der Waals surface area contributed by atoms with Crippen molar-refractivity contribution in [1.29, 1.82) is 0 Å². The molecule has 1 N–H and O–H groups in total. The highest BCUT2D eigenvalue weighted by Gasteiger charge is 2.24. The second-order valence-corrected chi connectivity index (χ2v) is 8.00. The molecule has 0 spiro atoms. The predicted molar refractivity (Wildman–Crippen MR) is 113 cm³/mol. The summed E-state index contributed by atoms with van der Waals surface area (Å²) in [5.41, 5.74) is 2.66. The molecule has 5 nitrogen and oxygen atoms in total. The van der Waals surface area contributed by atoms with Crippen molar-refractivity contribution < 1.29 is 4.74 Å². The third-order valence-electron chi connectivity index (χ3n) is 5.89. The topological polar surface area (TPSA) is 40.1 Å². The van der Waals surface area contributed by atoms with Crippen LogP contribution in [0.1, 0.15) is 38.7 Å². The lowest BCUT2D eigenvalue weighted by atomic mass is 9.99. The number of guanidine groups is 1. The van der Waals surface area contributed by atoms with Gasteiger partial charge in [0.05, 0.1) is 6.61 Å². The molecule has 0 aliphatic carbocycles. The number of hydrogen-bond acceptors (Lipinski definition) is 3. The highest BCUT2D eigenvalue weighted by molar-refractivity contribution is 5.80. The van der Waals surface area contributed by atoms with Crippen LogP contribution in [0.3, 0.4) is 0 Å². The number of anilines is 1. The van der Waals surface area contributed by atoms with Gasteiger partial charge in [0.25, 0.3) is 0 Å². The number of nitrogens with zero attached hydrogens (tertiary/aromatic N) is 3. The quantitative estimate of drug-likeness (QED) is 0.614. The SMILES string of the molecule is CCOCC1CCN(C(=NC)NCc2ccc(N3CCC(C)CC3)cc2)C1. The summed E-state index contributed by atoms with van der Waals surface area (Å²) in [5, 5.41) is 3.53. The Morgan fingerprint density at radius 2 is 1.89 bits per heavy atom. The summed E-state index contributed by atoms with van der Waals surface area (Å²) in [6.45, 7) is 11.4. The molecule has 1 aromatic rings. The third kappa shape index (κ3) is 5.61. The Bertz CT molecular complexity index is 593. The molecule has 0 radical (unpaired) electrons. The van der Waals surface area contributed by atoms with E-state index in [2.05, 4.69) is 58.2 Å². The van der Waals surface area contributed by atoms with E-state index in [1.807, 2.05) is 7.05 Å². The second kappa shape index (κ2) is 9.98. The molecule has 2 heterocycles. The number of likely N-dealkylation sites (tertiary alicyclic amines) is 1. The first-order valence-corrected chi connectivity index (χ1v) is 10.6. The zero-order valence-corrected chi connectivity index (χ0v) is 17.3. The molecule has 150 valence electrons. The van der Waals surface area contributed by atoms with E-state index in [4.69, 9.17) is 4.74 Å². The van der Waals surface area contributed by atoms with E-state index in [-0.39, 0.29) is 0 Å². The molecular formula is C22H36N4O. The molecular weight excluding hydrogens is 336 g/mol. The average Bonchev–Trinajstić information content (AvgIpc) is 3.17. The molecule has 3 rings (SSSR count). The molecule has 1 unspecified atom stereocenters. The molecule has 0 bridgehead atoms. The van der Waals surface area contributed by atoms with Crippen LogP contribution in [0.25, 0.3) is 0 Å². The fourth-order valence-electron chi connectivity index (χ4n) is 4.05. The Balaban J connectivity index is 1.47. The van der Waals surface area contributed by atoms with Gasteiger partial charge in [-0.1, -0.05) is 19.1 Å². The molecule has 2 aliphatic heterocycles.